The van der Waals surface area contributed by atoms with Crippen LogP contribution in [0.15, 0.2) is 22.7 Å². The van der Waals surface area contributed by atoms with E-state index in [0.717, 1.165) is 0 Å². The van der Waals surface area contributed by atoms with Crippen molar-refractivity contribution >= 4 is 33.3 Å². The smallest absolute Gasteiger partial charge is 0.299 e. The molecule has 0 spiro atoms. The molecule has 114 valence electrons. The van der Waals surface area contributed by atoms with E-state index < -0.39 is 11.7 Å². The lowest BCUT2D eigenvalue weighted by atomic mass is 10.1. The number of rotatable bonds is 7. The van der Waals surface area contributed by atoms with Crippen LogP contribution in [-0.2, 0) is 14.3 Å². The molecular weight excluding hydrogens is 338 g/mol. The topological polar surface area (TPSA) is 55.8 Å². The minimum atomic E-state index is -0.497. The van der Waals surface area contributed by atoms with E-state index in [1.165, 1.54) is 4.90 Å². The average Bonchev–Trinajstić information content (AvgIpc) is 2.70. The number of carbonyl (C=O) groups excluding carboxylic acids is 2. The van der Waals surface area contributed by atoms with Gasteiger partial charge in [-0.25, -0.2) is 0 Å². The molecule has 5 nitrogen and oxygen atoms in total. The normalized spacial score (nSPS) is 14.2. The standard InChI is InChI=1S/C15H18BrNO4/c1-3-20-12(21-4-2)8-9-17-11-7-5-6-10(16)13(11)14(18)15(17)19/h5-7,12H,3-4,8-9H2,1-2H3. The average molecular weight is 356 g/mol. The Hall–Kier alpha value is -1.24. The van der Waals surface area contributed by atoms with Gasteiger partial charge in [0.05, 0.1) is 11.3 Å². The third-order valence-corrected chi connectivity index (χ3v) is 3.90. The molecule has 2 rings (SSSR count). The number of ether oxygens (including phenoxy) is 2. The van der Waals surface area contributed by atoms with Crippen LogP contribution in [0.4, 0.5) is 5.69 Å². The van der Waals surface area contributed by atoms with Crippen LogP contribution in [0.3, 0.4) is 0 Å². The molecule has 0 fully saturated rings. The molecule has 1 heterocycles. The molecule has 1 amide bonds. The molecular formula is C15H18BrNO4. The summed E-state index contributed by atoms with van der Waals surface area (Å²) in [7, 11) is 0. The zero-order valence-electron chi connectivity index (χ0n) is 12.1. The van der Waals surface area contributed by atoms with Crippen LogP contribution in [0.1, 0.15) is 30.6 Å². The number of ketones is 1. The Balaban J connectivity index is 2.13. The molecule has 0 N–H and O–H groups in total. The maximum atomic E-state index is 12.1. The second kappa shape index (κ2) is 7.15. The maximum absolute atomic E-state index is 12.1. The van der Waals surface area contributed by atoms with Crippen molar-refractivity contribution in [2.24, 2.45) is 0 Å². The Bertz CT molecular complexity index is 540. The first kappa shape index (κ1) is 16.1. The van der Waals surface area contributed by atoms with Crippen LogP contribution in [0.2, 0.25) is 0 Å². The molecule has 1 aromatic rings. The SMILES string of the molecule is CCOC(CCN1C(=O)C(=O)c2c(Br)cccc21)OCC. The number of amides is 1. The van der Waals surface area contributed by atoms with Crippen LogP contribution in [0, 0.1) is 0 Å². The van der Waals surface area contributed by atoms with Crippen LogP contribution in [0.5, 0.6) is 0 Å². The highest BCUT2D eigenvalue weighted by Gasteiger charge is 2.37. The highest BCUT2D eigenvalue weighted by molar-refractivity contribution is 9.10. The number of Topliss-reactive ketones (excluding diaryl/α,β-unsaturated/α-hetero) is 1. The first-order valence-corrected chi connectivity index (χ1v) is 7.77. The fourth-order valence-electron chi connectivity index (χ4n) is 2.34. The van der Waals surface area contributed by atoms with Gasteiger partial charge in [-0.15, -0.1) is 0 Å². The maximum Gasteiger partial charge on any atom is 0.299 e. The molecule has 0 bridgehead atoms. The van der Waals surface area contributed by atoms with Gasteiger partial charge in [-0.3, -0.25) is 9.59 Å². The lowest BCUT2D eigenvalue weighted by molar-refractivity contribution is -0.138. The first-order chi connectivity index (χ1) is 10.1. The van der Waals surface area contributed by atoms with Gasteiger partial charge >= 0.3 is 0 Å². The minimum absolute atomic E-state index is 0.362. The molecule has 0 aromatic heterocycles. The molecule has 1 aliphatic rings. The van der Waals surface area contributed by atoms with Crippen molar-refractivity contribution in [2.45, 2.75) is 26.6 Å². The monoisotopic (exact) mass is 355 g/mol. The first-order valence-electron chi connectivity index (χ1n) is 6.98. The summed E-state index contributed by atoms with van der Waals surface area (Å²) >= 11 is 3.32. The Morgan fingerprint density at radius 2 is 1.86 bits per heavy atom. The van der Waals surface area contributed by atoms with E-state index in [4.69, 9.17) is 9.47 Å². The lowest BCUT2D eigenvalue weighted by Crippen LogP contribution is -2.33. The van der Waals surface area contributed by atoms with Crippen molar-refractivity contribution < 1.29 is 19.1 Å². The van der Waals surface area contributed by atoms with Crippen molar-refractivity contribution in [3.05, 3.63) is 28.2 Å². The van der Waals surface area contributed by atoms with Gasteiger partial charge in [-0.05, 0) is 41.9 Å². The highest BCUT2D eigenvalue weighted by Crippen LogP contribution is 2.34. The number of halogens is 1. The van der Waals surface area contributed by atoms with Gasteiger partial charge in [0.1, 0.15) is 0 Å². The van der Waals surface area contributed by atoms with Gasteiger partial charge in [0.15, 0.2) is 6.29 Å². The summed E-state index contributed by atoms with van der Waals surface area (Å²) in [5.41, 5.74) is 1.08. The summed E-state index contributed by atoms with van der Waals surface area (Å²) in [4.78, 5) is 25.7. The van der Waals surface area contributed by atoms with E-state index in [1.54, 1.807) is 12.1 Å². The molecule has 1 aliphatic heterocycles. The molecule has 0 aliphatic carbocycles. The summed E-state index contributed by atoms with van der Waals surface area (Å²) in [6.45, 7) is 5.25. The van der Waals surface area contributed by atoms with Gasteiger partial charge < -0.3 is 14.4 Å². The fourth-order valence-corrected chi connectivity index (χ4v) is 2.88. The third-order valence-electron chi connectivity index (χ3n) is 3.24. The van der Waals surface area contributed by atoms with Crippen molar-refractivity contribution in [3.8, 4) is 0 Å². The zero-order chi connectivity index (χ0) is 15.4. The molecule has 21 heavy (non-hydrogen) atoms. The summed E-state index contributed by atoms with van der Waals surface area (Å²) in [5.74, 6) is -0.967. The number of benzene rings is 1. The number of hydrogen-bond acceptors (Lipinski definition) is 4. The largest absolute Gasteiger partial charge is 0.353 e. The number of hydrogen-bond donors (Lipinski definition) is 0. The predicted octanol–water partition coefficient (Wildman–Crippen LogP) is 2.77. The third kappa shape index (κ3) is 3.33. The predicted molar refractivity (Wildman–Crippen MR) is 82.5 cm³/mol. The van der Waals surface area contributed by atoms with E-state index in [-0.39, 0.29) is 6.29 Å². The second-order valence-corrected chi connectivity index (χ2v) is 5.40. The van der Waals surface area contributed by atoms with Crippen LogP contribution in [-0.4, -0.2) is 37.7 Å². The Morgan fingerprint density at radius 1 is 1.19 bits per heavy atom. The fraction of sp³-hybridized carbons (Fsp3) is 0.467. The molecule has 0 saturated heterocycles. The number of anilines is 1. The van der Waals surface area contributed by atoms with Crippen molar-refractivity contribution in [1.29, 1.82) is 0 Å². The van der Waals surface area contributed by atoms with Gasteiger partial charge in [0.25, 0.3) is 11.7 Å². The summed E-state index contributed by atoms with van der Waals surface area (Å²) in [5, 5.41) is 0. The van der Waals surface area contributed by atoms with Gasteiger partial charge in [-0.1, -0.05) is 6.07 Å². The number of carbonyl (C=O) groups is 2. The van der Waals surface area contributed by atoms with E-state index in [1.807, 2.05) is 19.9 Å². The van der Waals surface area contributed by atoms with E-state index >= 15 is 0 Å². The Kier molecular flexibility index (Phi) is 5.50. The summed E-state index contributed by atoms with van der Waals surface area (Å²) in [6.07, 6.45) is 0.159. The Morgan fingerprint density at radius 3 is 2.48 bits per heavy atom. The van der Waals surface area contributed by atoms with E-state index in [0.29, 0.717) is 41.9 Å². The van der Waals surface area contributed by atoms with E-state index in [9.17, 15) is 9.59 Å². The molecule has 0 saturated carbocycles. The zero-order valence-corrected chi connectivity index (χ0v) is 13.7. The van der Waals surface area contributed by atoms with Crippen molar-refractivity contribution in [3.63, 3.8) is 0 Å². The van der Waals surface area contributed by atoms with Crippen LogP contribution < -0.4 is 4.90 Å². The Labute approximate surface area is 132 Å². The second-order valence-electron chi connectivity index (χ2n) is 4.55. The molecule has 0 radical (unpaired) electrons. The quantitative estimate of drug-likeness (QED) is 0.557. The summed E-state index contributed by atoms with van der Waals surface area (Å²) in [6, 6.07) is 5.35. The van der Waals surface area contributed by atoms with Gasteiger partial charge in [0.2, 0.25) is 0 Å². The molecule has 0 atom stereocenters. The van der Waals surface area contributed by atoms with E-state index in [2.05, 4.69) is 15.9 Å². The lowest BCUT2D eigenvalue weighted by Gasteiger charge is -2.21. The molecule has 0 unspecified atom stereocenters. The van der Waals surface area contributed by atoms with Gasteiger partial charge in [0, 0.05) is 30.7 Å². The van der Waals surface area contributed by atoms with Crippen molar-refractivity contribution in [2.75, 3.05) is 24.7 Å². The minimum Gasteiger partial charge on any atom is -0.353 e. The number of fused-ring (bicyclic) bond motifs is 1. The van der Waals surface area contributed by atoms with Crippen LogP contribution >= 0.6 is 15.9 Å². The van der Waals surface area contributed by atoms with Crippen LogP contribution in [0.25, 0.3) is 0 Å². The number of nitrogens with zero attached hydrogens (tertiary/aromatic N) is 1. The van der Waals surface area contributed by atoms with Gasteiger partial charge in [-0.2, -0.15) is 0 Å². The van der Waals surface area contributed by atoms with Crippen molar-refractivity contribution in [1.82, 2.24) is 0 Å². The summed E-state index contributed by atoms with van der Waals surface area (Å²) < 4.78 is 11.6. The molecule has 6 heteroatoms. The molecule has 1 aromatic carbocycles. The highest BCUT2D eigenvalue weighted by atomic mass is 79.9.